The molecule has 1 N–H and O–H groups in total. The summed E-state index contributed by atoms with van der Waals surface area (Å²) in [4.78, 5) is 13.2. The first-order chi connectivity index (χ1) is 7.76. The van der Waals surface area contributed by atoms with Gasteiger partial charge in [-0.15, -0.1) is 0 Å². The van der Waals surface area contributed by atoms with Crippen molar-refractivity contribution in [2.75, 3.05) is 18.1 Å². The molecule has 0 heterocycles. The highest BCUT2D eigenvalue weighted by Crippen LogP contribution is 2.33. The van der Waals surface area contributed by atoms with Crippen molar-refractivity contribution < 1.29 is 9.90 Å². The van der Waals surface area contributed by atoms with Gasteiger partial charge in [-0.3, -0.25) is 4.79 Å². The van der Waals surface area contributed by atoms with Crippen LogP contribution < -0.4 is 4.90 Å². The van der Waals surface area contributed by atoms with Crippen LogP contribution in [-0.2, 0) is 0 Å². The Balaban J connectivity index is 2.31. The van der Waals surface area contributed by atoms with Crippen LogP contribution in [0.5, 0.6) is 0 Å². The first-order valence-corrected chi connectivity index (χ1v) is 5.69. The molecule has 16 heavy (non-hydrogen) atoms. The van der Waals surface area contributed by atoms with E-state index in [0.29, 0.717) is 12.6 Å². The van der Waals surface area contributed by atoms with Crippen LogP contribution in [0.3, 0.4) is 0 Å². The Morgan fingerprint density at radius 2 is 2.25 bits per heavy atom. The van der Waals surface area contributed by atoms with Gasteiger partial charge in [-0.1, -0.05) is 11.6 Å². The molecular formula is C13H17NO2. The Hall–Kier alpha value is -1.35. The van der Waals surface area contributed by atoms with Crippen LogP contribution in [-0.4, -0.2) is 30.6 Å². The molecule has 0 aromatic heterocycles. The number of hydrogen-bond acceptors (Lipinski definition) is 3. The summed E-state index contributed by atoms with van der Waals surface area (Å²) in [6, 6.07) is 6.39. The normalized spacial score (nSPS) is 14.9. The number of aliphatic hydroxyl groups excluding tert-OH is 1. The van der Waals surface area contributed by atoms with Crippen molar-refractivity contribution in [3.63, 3.8) is 0 Å². The molecule has 1 aromatic carbocycles. The van der Waals surface area contributed by atoms with Gasteiger partial charge in [0.25, 0.3) is 0 Å². The second-order valence-corrected chi connectivity index (χ2v) is 4.33. The van der Waals surface area contributed by atoms with E-state index < -0.39 is 0 Å². The van der Waals surface area contributed by atoms with Crippen molar-refractivity contribution in [1.29, 1.82) is 0 Å². The monoisotopic (exact) mass is 219 g/mol. The number of benzene rings is 1. The molecule has 0 spiro atoms. The van der Waals surface area contributed by atoms with Crippen LogP contribution in [0.15, 0.2) is 18.2 Å². The molecule has 1 aliphatic rings. The molecule has 1 aliphatic carbocycles. The number of aldehydes is 1. The van der Waals surface area contributed by atoms with E-state index in [0.717, 1.165) is 35.9 Å². The van der Waals surface area contributed by atoms with Gasteiger partial charge in [-0.05, 0) is 31.9 Å². The Labute approximate surface area is 95.7 Å². The van der Waals surface area contributed by atoms with Crippen molar-refractivity contribution in [2.24, 2.45) is 0 Å². The maximum Gasteiger partial charge on any atom is 0.152 e. The Kier molecular flexibility index (Phi) is 3.25. The first kappa shape index (κ1) is 11.1. The number of anilines is 1. The van der Waals surface area contributed by atoms with Gasteiger partial charge >= 0.3 is 0 Å². The Morgan fingerprint density at radius 3 is 2.81 bits per heavy atom. The summed E-state index contributed by atoms with van der Waals surface area (Å²) < 4.78 is 0. The lowest BCUT2D eigenvalue weighted by molar-refractivity contribution is 0.112. The zero-order valence-electron chi connectivity index (χ0n) is 9.52. The fourth-order valence-electron chi connectivity index (χ4n) is 2.02. The van der Waals surface area contributed by atoms with E-state index in [1.54, 1.807) is 0 Å². The van der Waals surface area contributed by atoms with E-state index in [1.807, 2.05) is 25.1 Å². The van der Waals surface area contributed by atoms with Crippen LogP contribution in [0, 0.1) is 6.92 Å². The van der Waals surface area contributed by atoms with E-state index in [9.17, 15) is 4.79 Å². The molecule has 0 radical (unpaired) electrons. The average Bonchev–Trinajstić information content (AvgIpc) is 3.10. The van der Waals surface area contributed by atoms with Gasteiger partial charge in [-0.25, -0.2) is 0 Å². The SMILES string of the molecule is Cc1ccc(N(CCO)C2CC2)c(C=O)c1. The Bertz CT molecular complexity index is 386. The smallest absolute Gasteiger partial charge is 0.152 e. The van der Waals surface area contributed by atoms with Crippen molar-refractivity contribution >= 4 is 12.0 Å². The second kappa shape index (κ2) is 4.66. The van der Waals surface area contributed by atoms with Gasteiger partial charge < -0.3 is 10.0 Å². The van der Waals surface area contributed by atoms with Crippen LogP contribution >= 0.6 is 0 Å². The molecule has 0 amide bonds. The first-order valence-electron chi connectivity index (χ1n) is 5.69. The minimum atomic E-state index is 0.128. The molecule has 2 rings (SSSR count). The standard InChI is InChI=1S/C13H17NO2/c1-10-2-5-13(11(8-10)9-16)14(6-7-15)12-3-4-12/h2,5,8-9,12,15H,3-4,6-7H2,1H3. The summed E-state index contributed by atoms with van der Waals surface area (Å²) >= 11 is 0. The predicted molar refractivity (Wildman–Crippen MR) is 64.0 cm³/mol. The summed E-state index contributed by atoms with van der Waals surface area (Å²) in [5, 5.41) is 9.06. The molecule has 3 heteroatoms. The number of aliphatic hydroxyl groups is 1. The number of nitrogens with zero attached hydrogens (tertiary/aromatic N) is 1. The molecule has 1 saturated carbocycles. The van der Waals surface area contributed by atoms with E-state index in [4.69, 9.17) is 5.11 Å². The number of carbonyl (C=O) groups is 1. The third kappa shape index (κ3) is 2.25. The van der Waals surface area contributed by atoms with Crippen LogP contribution in [0.1, 0.15) is 28.8 Å². The largest absolute Gasteiger partial charge is 0.395 e. The molecular weight excluding hydrogens is 202 g/mol. The molecule has 1 aromatic rings. The highest BCUT2D eigenvalue weighted by molar-refractivity contribution is 5.85. The predicted octanol–water partition coefficient (Wildman–Crippen LogP) is 1.77. The molecule has 1 fully saturated rings. The molecule has 0 bridgehead atoms. The Morgan fingerprint density at radius 1 is 1.50 bits per heavy atom. The van der Waals surface area contributed by atoms with E-state index in [2.05, 4.69) is 4.90 Å². The third-order valence-electron chi connectivity index (χ3n) is 2.95. The lowest BCUT2D eigenvalue weighted by atomic mass is 10.1. The van der Waals surface area contributed by atoms with E-state index in [1.165, 1.54) is 0 Å². The minimum Gasteiger partial charge on any atom is -0.395 e. The lowest BCUT2D eigenvalue weighted by Gasteiger charge is -2.25. The third-order valence-corrected chi connectivity index (χ3v) is 2.95. The summed E-state index contributed by atoms with van der Waals surface area (Å²) in [6.07, 6.45) is 3.22. The molecule has 0 unspecified atom stereocenters. The zero-order chi connectivity index (χ0) is 11.5. The topological polar surface area (TPSA) is 40.5 Å². The van der Waals surface area contributed by atoms with E-state index >= 15 is 0 Å². The summed E-state index contributed by atoms with van der Waals surface area (Å²) in [7, 11) is 0. The summed E-state index contributed by atoms with van der Waals surface area (Å²) in [5.41, 5.74) is 2.77. The van der Waals surface area contributed by atoms with Crippen LogP contribution in [0.2, 0.25) is 0 Å². The fourth-order valence-corrected chi connectivity index (χ4v) is 2.02. The van der Waals surface area contributed by atoms with E-state index in [-0.39, 0.29) is 6.61 Å². The molecule has 3 nitrogen and oxygen atoms in total. The van der Waals surface area contributed by atoms with Crippen molar-refractivity contribution in [1.82, 2.24) is 0 Å². The van der Waals surface area contributed by atoms with Crippen LogP contribution in [0.4, 0.5) is 5.69 Å². The van der Waals surface area contributed by atoms with Gasteiger partial charge in [0.05, 0.1) is 6.61 Å². The van der Waals surface area contributed by atoms with Gasteiger partial charge in [-0.2, -0.15) is 0 Å². The second-order valence-electron chi connectivity index (χ2n) is 4.33. The fraction of sp³-hybridized carbons (Fsp3) is 0.462. The zero-order valence-corrected chi connectivity index (χ0v) is 9.52. The summed E-state index contributed by atoms with van der Waals surface area (Å²) in [6.45, 7) is 2.71. The van der Waals surface area contributed by atoms with Gasteiger partial charge in [0, 0.05) is 23.8 Å². The van der Waals surface area contributed by atoms with Gasteiger partial charge in [0.1, 0.15) is 0 Å². The van der Waals surface area contributed by atoms with Gasteiger partial charge in [0.15, 0.2) is 6.29 Å². The number of aryl methyl sites for hydroxylation is 1. The molecule has 0 atom stereocenters. The number of rotatable bonds is 5. The lowest BCUT2D eigenvalue weighted by Crippen LogP contribution is -2.29. The quantitative estimate of drug-likeness (QED) is 0.767. The average molecular weight is 219 g/mol. The van der Waals surface area contributed by atoms with Crippen LogP contribution in [0.25, 0.3) is 0 Å². The maximum atomic E-state index is 11.0. The highest BCUT2D eigenvalue weighted by atomic mass is 16.3. The number of hydrogen-bond donors (Lipinski definition) is 1. The number of carbonyl (C=O) groups excluding carboxylic acids is 1. The molecule has 86 valence electrons. The maximum absolute atomic E-state index is 11.0. The minimum absolute atomic E-state index is 0.128. The molecule has 0 aliphatic heterocycles. The van der Waals surface area contributed by atoms with Gasteiger partial charge in [0.2, 0.25) is 0 Å². The van der Waals surface area contributed by atoms with Crippen molar-refractivity contribution in [2.45, 2.75) is 25.8 Å². The van der Waals surface area contributed by atoms with Crippen molar-refractivity contribution in [3.8, 4) is 0 Å². The molecule has 0 saturated heterocycles. The van der Waals surface area contributed by atoms with Crippen molar-refractivity contribution in [3.05, 3.63) is 29.3 Å². The highest BCUT2D eigenvalue weighted by Gasteiger charge is 2.29. The summed E-state index contributed by atoms with van der Waals surface area (Å²) in [5.74, 6) is 0.